The largest absolute Gasteiger partial charge is 0.391 e. The molecule has 1 heterocycles. The Labute approximate surface area is 119 Å². The summed E-state index contributed by atoms with van der Waals surface area (Å²) in [6, 6.07) is 3.08. The van der Waals surface area contributed by atoms with E-state index in [0.717, 1.165) is 0 Å². The second-order valence-electron chi connectivity index (χ2n) is 4.94. The first-order chi connectivity index (χ1) is 9.36. The van der Waals surface area contributed by atoms with Crippen molar-refractivity contribution in [3.63, 3.8) is 0 Å². The van der Waals surface area contributed by atoms with Crippen LogP contribution in [0, 0.1) is 11.8 Å². The molecule has 1 aromatic rings. The van der Waals surface area contributed by atoms with Crippen molar-refractivity contribution in [2.24, 2.45) is 11.8 Å². The highest BCUT2D eigenvalue weighted by Gasteiger charge is 2.42. The summed E-state index contributed by atoms with van der Waals surface area (Å²) in [5.41, 5.74) is 0. The third-order valence-corrected chi connectivity index (χ3v) is 3.77. The van der Waals surface area contributed by atoms with E-state index >= 15 is 0 Å². The Kier molecular flexibility index (Phi) is 4.52. The van der Waals surface area contributed by atoms with Crippen LogP contribution in [0.4, 0.5) is 19.0 Å². The molecule has 1 aliphatic rings. The summed E-state index contributed by atoms with van der Waals surface area (Å²) in [6.07, 6.45) is -2.20. The molecule has 1 N–H and O–H groups in total. The first-order valence-electron chi connectivity index (χ1n) is 6.35. The van der Waals surface area contributed by atoms with E-state index in [4.69, 9.17) is 11.6 Å². The molecule has 1 aromatic heterocycles. The number of halogens is 4. The number of pyridine rings is 1. The Morgan fingerprint density at radius 2 is 1.95 bits per heavy atom. The van der Waals surface area contributed by atoms with Crippen molar-refractivity contribution in [3.05, 3.63) is 23.4 Å². The molecule has 1 aliphatic carbocycles. The predicted molar refractivity (Wildman–Crippen MR) is 69.4 cm³/mol. The van der Waals surface area contributed by atoms with E-state index in [-0.39, 0.29) is 31.6 Å². The van der Waals surface area contributed by atoms with E-state index in [9.17, 15) is 18.0 Å². The zero-order valence-corrected chi connectivity index (χ0v) is 11.3. The van der Waals surface area contributed by atoms with Crippen molar-refractivity contribution < 1.29 is 18.0 Å². The molecule has 3 nitrogen and oxygen atoms in total. The van der Waals surface area contributed by atoms with Crippen molar-refractivity contribution in [2.75, 3.05) is 5.32 Å². The molecule has 7 heteroatoms. The third kappa shape index (κ3) is 3.85. The van der Waals surface area contributed by atoms with Crippen LogP contribution >= 0.6 is 11.6 Å². The number of carbonyl (C=O) groups is 1. The lowest BCUT2D eigenvalue weighted by Gasteiger charge is -2.28. The maximum Gasteiger partial charge on any atom is 0.391 e. The van der Waals surface area contributed by atoms with Crippen LogP contribution in [0.3, 0.4) is 0 Å². The van der Waals surface area contributed by atoms with E-state index in [2.05, 4.69) is 10.3 Å². The summed E-state index contributed by atoms with van der Waals surface area (Å²) >= 11 is 5.77. The Hall–Kier alpha value is -1.30. The van der Waals surface area contributed by atoms with Gasteiger partial charge in [-0.1, -0.05) is 11.6 Å². The maximum absolute atomic E-state index is 12.5. The molecule has 0 spiro atoms. The number of nitrogens with one attached hydrogen (secondary N) is 1. The van der Waals surface area contributed by atoms with Crippen LogP contribution in [0.1, 0.15) is 25.7 Å². The monoisotopic (exact) mass is 306 g/mol. The fourth-order valence-corrected chi connectivity index (χ4v) is 2.54. The van der Waals surface area contributed by atoms with Crippen LogP contribution in [0.5, 0.6) is 0 Å². The summed E-state index contributed by atoms with van der Waals surface area (Å²) in [7, 11) is 0. The van der Waals surface area contributed by atoms with Crippen molar-refractivity contribution in [3.8, 4) is 0 Å². The summed E-state index contributed by atoms with van der Waals surface area (Å²) in [5.74, 6) is -1.65. The van der Waals surface area contributed by atoms with Gasteiger partial charge in [-0.25, -0.2) is 4.98 Å². The van der Waals surface area contributed by atoms with Gasteiger partial charge in [0.2, 0.25) is 5.91 Å². The molecular weight excluding hydrogens is 293 g/mol. The van der Waals surface area contributed by atoms with Gasteiger partial charge in [0.25, 0.3) is 0 Å². The molecule has 0 bridgehead atoms. The Balaban J connectivity index is 1.89. The van der Waals surface area contributed by atoms with Gasteiger partial charge in [0, 0.05) is 17.1 Å². The molecule has 0 unspecified atom stereocenters. The maximum atomic E-state index is 12.5. The summed E-state index contributed by atoms with van der Waals surface area (Å²) < 4.78 is 37.6. The smallest absolute Gasteiger partial charge is 0.310 e. The van der Waals surface area contributed by atoms with Gasteiger partial charge in [-0.2, -0.15) is 13.2 Å². The van der Waals surface area contributed by atoms with E-state index in [1.54, 1.807) is 6.07 Å². The number of aromatic nitrogens is 1. The zero-order valence-electron chi connectivity index (χ0n) is 10.6. The molecule has 1 fully saturated rings. The molecule has 0 atom stereocenters. The van der Waals surface area contributed by atoms with Crippen LogP contribution < -0.4 is 5.32 Å². The average Bonchev–Trinajstić information content (AvgIpc) is 2.38. The van der Waals surface area contributed by atoms with E-state index in [1.807, 2.05) is 0 Å². The highest BCUT2D eigenvalue weighted by atomic mass is 35.5. The lowest BCUT2D eigenvalue weighted by atomic mass is 9.81. The Morgan fingerprint density at radius 3 is 2.50 bits per heavy atom. The van der Waals surface area contributed by atoms with Crippen LogP contribution in [-0.2, 0) is 4.79 Å². The van der Waals surface area contributed by atoms with E-state index < -0.39 is 18.0 Å². The van der Waals surface area contributed by atoms with Gasteiger partial charge in [-0.3, -0.25) is 4.79 Å². The third-order valence-electron chi connectivity index (χ3n) is 3.53. The van der Waals surface area contributed by atoms with E-state index in [1.165, 1.54) is 12.3 Å². The number of hydrogen-bond acceptors (Lipinski definition) is 2. The number of carbonyl (C=O) groups excluding carboxylic acids is 1. The first-order valence-corrected chi connectivity index (χ1v) is 6.73. The summed E-state index contributed by atoms with van der Waals surface area (Å²) in [4.78, 5) is 15.9. The number of alkyl halides is 3. The molecule has 0 saturated heterocycles. The molecule has 110 valence electrons. The van der Waals surface area contributed by atoms with Crippen molar-refractivity contribution in [1.82, 2.24) is 4.98 Å². The minimum atomic E-state index is -4.16. The Morgan fingerprint density at radius 1 is 1.30 bits per heavy atom. The minimum absolute atomic E-state index is 0.00452. The summed E-state index contributed by atoms with van der Waals surface area (Å²) in [5, 5.41) is 3.03. The predicted octanol–water partition coefficient (Wildman–Crippen LogP) is 4.04. The SMILES string of the molecule is O=C(Nc1cc(Cl)ccn1)C1CCC(C(F)(F)F)CC1. The van der Waals surface area contributed by atoms with Gasteiger partial charge in [0.05, 0.1) is 5.92 Å². The standard InChI is InChI=1S/C13H14ClF3N2O/c14-10-5-6-18-11(7-10)19-12(20)8-1-3-9(4-2-8)13(15,16)17/h5-9H,1-4H2,(H,18,19,20). The average molecular weight is 307 g/mol. The van der Waals surface area contributed by atoms with Crippen LogP contribution in [0.25, 0.3) is 0 Å². The van der Waals surface area contributed by atoms with Gasteiger partial charge >= 0.3 is 6.18 Å². The first kappa shape index (κ1) is 15.1. The molecular formula is C13H14ClF3N2O. The lowest BCUT2D eigenvalue weighted by Crippen LogP contribution is -2.32. The quantitative estimate of drug-likeness (QED) is 0.896. The van der Waals surface area contributed by atoms with Crippen molar-refractivity contribution >= 4 is 23.3 Å². The molecule has 0 aliphatic heterocycles. The number of rotatable bonds is 2. The van der Waals surface area contributed by atoms with Gasteiger partial charge in [-0.15, -0.1) is 0 Å². The molecule has 2 rings (SSSR count). The molecule has 0 radical (unpaired) electrons. The van der Waals surface area contributed by atoms with Crippen molar-refractivity contribution in [1.29, 1.82) is 0 Å². The minimum Gasteiger partial charge on any atom is -0.310 e. The van der Waals surface area contributed by atoms with Crippen LogP contribution in [0.15, 0.2) is 18.3 Å². The van der Waals surface area contributed by atoms with Crippen LogP contribution in [0.2, 0.25) is 5.02 Å². The van der Waals surface area contributed by atoms with Crippen LogP contribution in [-0.4, -0.2) is 17.1 Å². The van der Waals surface area contributed by atoms with Gasteiger partial charge < -0.3 is 5.32 Å². The van der Waals surface area contributed by atoms with Gasteiger partial charge in [-0.05, 0) is 37.8 Å². The van der Waals surface area contributed by atoms with Gasteiger partial charge in [0.1, 0.15) is 5.82 Å². The fourth-order valence-electron chi connectivity index (χ4n) is 2.38. The molecule has 20 heavy (non-hydrogen) atoms. The normalized spacial score (nSPS) is 23.4. The number of nitrogens with zero attached hydrogens (tertiary/aromatic N) is 1. The highest BCUT2D eigenvalue weighted by Crippen LogP contribution is 2.39. The zero-order chi connectivity index (χ0) is 14.8. The second kappa shape index (κ2) is 5.99. The molecule has 0 aromatic carbocycles. The lowest BCUT2D eigenvalue weighted by molar-refractivity contribution is -0.184. The summed E-state index contributed by atoms with van der Waals surface area (Å²) in [6.45, 7) is 0. The number of anilines is 1. The topological polar surface area (TPSA) is 42.0 Å². The number of amides is 1. The van der Waals surface area contributed by atoms with Gasteiger partial charge in [0.15, 0.2) is 0 Å². The molecule has 1 amide bonds. The molecule has 1 saturated carbocycles. The highest BCUT2D eigenvalue weighted by molar-refractivity contribution is 6.30. The second-order valence-corrected chi connectivity index (χ2v) is 5.38. The van der Waals surface area contributed by atoms with E-state index in [0.29, 0.717) is 10.8 Å². The number of hydrogen-bond donors (Lipinski definition) is 1. The Bertz CT molecular complexity index is 485. The van der Waals surface area contributed by atoms with Crippen molar-refractivity contribution in [2.45, 2.75) is 31.9 Å². The fraction of sp³-hybridized carbons (Fsp3) is 0.538.